The molecular weight excluding hydrogens is 336 g/mol. The standard InChI is InChI=1S/C19H22N2O3S/c1-3-11-24-17-6-4-5-15(13-17)20-19(25)21-18(22)12-14-7-9-16(23-2)10-8-14/h4-10,13H,3,11-12H2,1-2H3,(H2,20,21,22,25). The molecule has 5 nitrogen and oxygen atoms in total. The Morgan fingerprint density at radius 1 is 1.12 bits per heavy atom. The molecule has 0 aliphatic heterocycles. The minimum atomic E-state index is -0.180. The largest absolute Gasteiger partial charge is 0.497 e. The number of methoxy groups -OCH3 is 1. The van der Waals surface area contributed by atoms with E-state index in [4.69, 9.17) is 21.7 Å². The first kappa shape index (κ1) is 18.7. The number of amides is 1. The van der Waals surface area contributed by atoms with E-state index >= 15 is 0 Å². The SMILES string of the molecule is CCCOc1cccc(NC(=S)NC(=O)Cc2ccc(OC)cc2)c1. The lowest BCUT2D eigenvalue weighted by Crippen LogP contribution is -2.35. The number of anilines is 1. The van der Waals surface area contributed by atoms with Crippen molar-refractivity contribution in [3.8, 4) is 11.5 Å². The molecule has 2 N–H and O–H groups in total. The maximum atomic E-state index is 12.1. The second-order valence-corrected chi connectivity index (χ2v) is 5.81. The van der Waals surface area contributed by atoms with Gasteiger partial charge in [-0.2, -0.15) is 0 Å². The van der Waals surface area contributed by atoms with Crippen LogP contribution < -0.4 is 20.1 Å². The van der Waals surface area contributed by atoms with E-state index in [1.807, 2.05) is 48.5 Å². The summed E-state index contributed by atoms with van der Waals surface area (Å²) in [6.45, 7) is 2.71. The Bertz CT molecular complexity index is 717. The van der Waals surface area contributed by atoms with E-state index in [9.17, 15) is 4.79 Å². The van der Waals surface area contributed by atoms with Crippen molar-refractivity contribution in [1.82, 2.24) is 5.32 Å². The molecule has 0 aliphatic carbocycles. The van der Waals surface area contributed by atoms with Crippen LogP contribution in [0.15, 0.2) is 48.5 Å². The van der Waals surface area contributed by atoms with Crippen molar-refractivity contribution in [3.05, 3.63) is 54.1 Å². The molecule has 0 aliphatic rings. The van der Waals surface area contributed by atoms with Gasteiger partial charge in [-0.05, 0) is 48.5 Å². The number of carbonyl (C=O) groups is 1. The molecule has 0 saturated heterocycles. The van der Waals surface area contributed by atoms with Gasteiger partial charge in [0, 0.05) is 11.8 Å². The van der Waals surface area contributed by atoms with Crippen molar-refractivity contribution in [2.45, 2.75) is 19.8 Å². The van der Waals surface area contributed by atoms with Crippen LogP contribution in [0.2, 0.25) is 0 Å². The van der Waals surface area contributed by atoms with Gasteiger partial charge in [-0.3, -0.25) is 4.79 Å². The summed E-state index contributed by atoms with van der Waals surface area (Å²) < 4.78 is 10.7. The Kier molecular flexibility index (Phi) is 7.22. The van der Waals surface area contributed by atoms with E-state index in [-0.39, 0.29) is 17.4 Å². The van der Waals surface area contributed by atoms with Gasteiger partial charge in [-0.15, -0.1) is 0 Å². The van der Waals surface area contributed by atoms with Gasteiger partial charge in [0.2, 0.25) is 5.91 Å². The second kappa shape index (κ2) is 9.64. The highest BCUT2D eigenvalue weighted by atomic mass is 32.1. The number of hydrogen-bond acceptors (Lipinski definition) is 4. The van der Waals surface area contributed by atoms with E-state index in [0.717, 1.165) is 29.2 Å². The Morgan fingerprint density at radius 2 is 1.88 bits per heavy atom. The highest BCUT2D eigenvalue weighted by molar-refractivity contribution is 7.80. The summed E-state index contributed by atoms with van der Waals surface area (Å²) in [7, 11) is 1.61. The average Bonchev–Trinajstić information content (AvgIpc) is 2.60. The summed E-state index contributed by atoms with van der Waals surface area (Å²) >= 11 is 5.19. The van der Waals surface area contributed by atoms with Crippen LogP contribution in [0.5, 0.6) is 11.5 Å². The monoisotopic (exact) mass is 358 g/mol. The lowest BCUT2D eigenvalue weighted by atomic mass is 10.1. The van der Waals surface area contributed by atoms with Gasteiger partial charge in [0.05, 0.1) is 20.1 Å². The van der Waals surface area contributed by atoms with Crippen LogP contribution in [-0.4, -0.2) is 24.7 Å². The minimum absolute atomic E-state index is 0.180. The Balaban J connectivity index is 1.85. The number of ether oxygens (including phenoxy) is 2. The highest BCUT2D eigenvalue weighted by Crippen LogP contribution is 2.17. The predicted molar refractivity (Wildman–Crippen MR) is 103 cm³/mol. The molecule has 132 valence electrons. The van der Waals surface area contributed by atoms with Crippen molar-refractivity contribution in [1.29, 1.82) is 0 Å². The van der Waals surface area contributed by atoms with Crippen LogP contribution >= 0.6 is 12.2 Å². The number of benzene rings is 2. The Labute approximate surface area is 153 Å². The molecule has 0 unspecified atom stereocenters. The van der Waals surface area contributed by atoms with Gasteiger partial charge < -0.3 is 20.1 Å². The molecule has 25 heavy (non-hydrogen) atoms. The van der Waals surface area contributed by atoms with E-state index in [1.54, 1.807) is 7.11 Å². The van der Waals surface area contributed by atoms with Gasteiger partial charge in [0.25, 0.3) is 0 Å². The molecule has 1 amide bonds. The summed E-state index contributed by atoms with van der Waals surface area (Å²) in [5.74, 6) is 1.34. The molecule has 0 spiro atoms. The van der Waals surface area contributed by atoms with E-state index in [1.165, 1.54) is 0 Å². The van der Waals surface area contributed by atoms with Crippen molar-refractivity contribution in [2.24, 2.45) is 0 Å². The molecule has 2 aromatic rings. The number of carbonyl (C=O) groups excluding carboxylic acids is 1. The van der Waals surface area contributed by atoms with E-state index in [2.05, 4.69) is 17.6 Å². The van der Waals surface area contributed by atoms with Gasteiger partial charge in [0.15, 0.2) is 5.11 Å². The number of nitrogens with one attached hydrogen (secondary N) is 2. The van der Waals surface area contributed by atoms with Crippen LogP contribution in [-0.2, 0) is 11.2 Å². The highest BCUT2D eigenvalue weighted by Gasteiger charge is 2.07. The molecule has 2 aromatic carbocycles. The third-order valence-electron chi connectivity index (χ3n) is 3.34. The fraction of sp³-hybridized carbons (Fsp3) is 0.263. The summed E-state index contributed by atoms with van der Waals surface area (Å²) in [6, 6.07) is 14.8. The van der Waals surface area contributed by atoms with E-state index < -0.39 is 0 Å². The number of rotatable bonds is 7. The van der Waals surface area contributed by atoms with Gasteiger partial charge in [-0.1, -0.05) is 25.1 Å². The smallest absolute Gasteiger partial charge is 0.230 e. The maximum absolute atomic E-state index is 12.1. The van der Waals surface area contributed by atoms with Crippen LogP contribution in [0.4, 0.5) is 5.69 Å². The fourth-order valence-corrected chi connectivity index (χ4v) is 2.38. The van der Waals surface area contributed by atoms with Gasteiger partial charge in [0.1, 0.15) is 11.5 Å². The first-order valence-corrected chi connectivity index (χ1v) is 8.48. The summed E-state index contributed by atoms with van der Waals surface area (Å²) in [6.07, 6.45) is 1.18. The Morgan fingerprint density at radius 3 is 2.56 bits per heavy atom. The molecule has 0 bridgehead atoms. The van der Waals surface area contributed by atoms with Crippen molar-refractivity contribution in [3.63, 3.8) is 0 Å². The van der Waals surface area contributed by atoms with Crippen molar-refractivity contribution in [2.75, 3.05) is 19.0 Å². The van der Waals surface area contributed by atoms with Crippen LogP contribution in [0.3, 0.4) is 0 Å². The molecule has 0 atom stereocenters. The van der Waals surface area contributed by atoms with Crippen molar-refractivity contribution < 1.29 is 14.3 Å². The molecular formula is C19H22N2O3S. The molecule has 0 aromatic heterocycles. The van der Waals surface area contributed by atoms with Crippen LogP contribution in [0.1, 0.15) is 18.9 Å². The summed E-state index contributed by atoms with van der Waals surface area (Å²) in [5.41, 5.74) is 1.65. The zero-order valence-electron chi connectivity index (χ0n) is 14.4. The predicted octanol–water partition coefficient (Wildman–Crippen LogP) is 3.54. The number of hydrogen-bond donors (Lipinski definition) is 2. The zero-order valence-corrected chi connectivity index (χ0v) is 15.2. The fourth-order valence-electron chi connectivity index (χ4n) is 2.15. The first-order chi connectivity index (χ1) is 12.1. The van der Waals surface area contributed by atoms with Crippen LogP contribution in [0, 0.1) is 0 Å². The van der Waals surface area contributed by atoms with Gasteiger partial charge in [-0.25, -0.2) is 0 Å². The lowest BCUT2D eigenvalue weighted by Gasteiger charge is -2.11. The lowest BCUT2D eigenvalue weighted by molar-refractivity contribution is -0.119. The van der Waals surface area contributed by atoms with Gasteiger partial charge >= 0.3 is 0 Å². The molecule has 0 fully saturated rings. The molecule has 2 rings (SSSR count). The zero-order chi connectivity index (χ0) is 18.1. The molecule has 0 heterocycles. The molecule has 6 heteroatoms. The molecule has 0 radical (unpaired) electrons. The normalized spacial score (nSPS) is 10.0. The molecule has 0 saturated carbocycles. The quantitative estimate of drug-likeness (QED) is 0.742. The average molecular weight is 358 g/mol. The van der Waals surface area contributed by atoms with E-state index in [0.29, 0.717) is 6.61 Å². The third-order valence-corrected chi connectivity index (χ3v) is 3.55. The van der Waals surface area contributed by atoms with Crippen LogP contribution in [0.25, 0.3) is 0 Å². The minimum Gasteiger partial charge on any atom is -0.497 e. The Hall–Kier alpha value is -2.60. The maximum Gasteiger partial charge on any atom is 0.230 e. The second-order valence-electron chi connectivity index (χ2n) is 5.40. The number of thiocarbonyl (C=S) groups is 1. The third kappa shape index (κ3) is 6.43. The topological polar surface area (TPSA) is 59.6 Å². The first-order valence-electron chi connectivity index (χ1n) is 8.07. The van der Waals surface area contributed by atoms with Crippen molar-refractivity contribution >= 4 is 28.9 Å². The summed E-state index contributed by atoms with van der Waals surface area (Å²) in [4.78, 5) is 12.1. The summed E-state index contributed by atoms with van der Waals surface area (Å²) in [5, 5.41) is 5.93.